The third kappa shape index (κ3) is 8.25. The number of hydrogen-bond donors (Lipinski definition) is 2. The van der Waals surface area contributed by atoms with E-state index in [0.717, 1.165) is 55.8 Å². The highest BCUT2D eigenvalue weighted by Gasteiger charge is 2.36. The van der Waals surface area contributed by atoms with Crippen LogP contribution in [0.5, 0.6) is 0 Å². The van der Waals surface area contributed by atoms with Crippen molar-refractivity contribution in [2.24, 2.45) is 5.92 Å². The first kappa shape index (κ1) is 34.5. The maximum Gasteiger partial charge on any atom is 0.322 e. The van der Waals surface area contributed by atoms with E-state index in [-0.39, 0.29) is 36.9 Å². The second-order valence-corrected chi connectivity index (χ2v) is 14.3. The fourth-order valence-electron chi connectivity index (χ4n) is 7.67. The molecule has 0 radical (unpaired) electrons. The molecule has 0 aliphatic carbocycles. The number of rotatable bonds is 9. The number of halogens is 2. The molecule has 1 unspecified atom stereocenters. The largest absolute Gasteiger partial charge is 0.480 e. The number of likely N-dealkylation sites (tertiary alicyclic amines) is 2. The first-order valence-electron chi connectivity index (χ1n) is 17.0. The van der Waals surface area contributed by atoms with Crippen LogP contribution in [0.4, 0.5) is 10.5 Å². The molecule has 0 saturated carbocycles. The summed E-state index contributed by atoms with van der Waals surface area (Å²) in [6, 6.07) is 13.5. The van der Waals surface area contributed by atoms with Gasteiger partial charge in [0.05, 0.1) is 22.5 Å². The highest BCUT2D eigenvalue weighted by Crippen LogP contribution is 2.30. The molecule has 2 aromatic rings. The molecule has 258 valence electrons. The Labute approximate surface area is 291 Å². The van der Waals surface area contributed by atoms with Gasteiger partial charge < -0.3 is 25.1 Å². The first-order chi connectivity index (χ1) is 23.1. The fourth-order valence-corrected chi connectivity index (χ4v) is 7.99. The van der Waals surface area contributed by atoms with E-state index in [1.54, 1.807) is 12.1 Å². The molecule has 4 aliphatic heterocycles. The van der Waals surface area contributed by atoms with Crippen LogP contribution in [0.1, 0.15) is 43.2 Å². The molecule has 0 spiro atoms. The van der Waals surface area contributed by atoms with Crippen LogP contribution in [0.2, 0.25) is 10.0 Å². The molecule has 4 heterocycles. The van der Waals surface area contributed by atoms with E-state index in [9.17, 15) is 19.2 Å². The van der Waals surface area contributed by atoms with Crippen molar-refractivity contribution in [1.82, 2.24) is 24.5 Å². The minimum absolute atomic E-state index is 0.0160. The van der Waals surface area contributed by atoms with Crippen LogP contribution in [-0.2, 0) is 27.3 Å². The first-order valence-corrected chi connectivity index (χ1v) is 17.7. The number of nitrogens with one attached hydrogen (secondary N) is 1. The minimum atomic E-state index is -0.799. The molecule has 11 nitrogen and oxygen atoms in total. The van der Waals surface area contributed by atoms with Gasteiger partial charge in [-0.3, -0.25) is 24.2 Å². The summed E-state index contributed by atoms with van der Waals surface area (Å²) >= 11 is 12.5. The Morgan fingerprint density at radius 1 is 0.833 bits per heavy atom. The fraction of sp³-hybridized carbons (Fsp3) is 0.543. The van der Waals surface area contributed by atoms with Crippen LogP contribution in [0.25, 0.3) is 0 Å². The number of piperidine rings is 2. The van der Waals surface area contributed by atoms with Crippen molar-refractivity contribution < 1.29 is 24.3 Å². The second kappa shape index (κ2) is 15.4. The number of fused-ring (bicyclic) bond motifs is 1. The molecule has 13 heteroatoms. The number of amides is 4. The van der Waals surface area contributed by atoms with Gasteiger partial charge in [-0.05, 0) is 61.4 Å². The lowest BCUT2D eigenvalue weighted by atomic mass is 9.92. The van der Waals surface area contributed by atoms with Crippen LogP contribution in [-0.4, -0.2) is 124 Å². The van der Waals surface area contributed by atoms with E-state index in [0.29, 0.717) is 68.1 Å². The smallest absolute Gasteiger partial charge is 0.322 e. The van der Waals surface area contributed by atoms with Gasteiger partial charge in [0, 0.05) is 83.1 Å². The lowest BCUT2D eigenvalue weighted by molar-refractivity contribution is -0.143. The standard InChI is InChI=1S/C35H44Cl2N6O5/c36-29-6-5-24(20-30(29)37)19-26(34(47)42-13-7-27(8-14-42)40-17-15-39(16-18-40)23-33(45)46)21-32(44)41-11-9-28(10-12-41)43-22-25-3-1-2-4-31(25)38-35(43)48/h1-6,20,26-28H,7-19,21-23H2,(H,38,48)(H,45,46). The van der Waals surface area contributed by atoms with Crippen LogP contribution in [0.3, 0.4) is 0 Å². The van der Waals surface area contributed by atoms with Crippen LogP contribution >= 0.6 is 23.2 Å². The highest BCUT2D eigenvalue weighted by atomic mass is 35.5. The molecule has 3 fully saturated rings. The van der Waals surface area contributed by atoms with Crippen molar-refractivity contribution in [3.05, 3.63) is 63.6 Å². The predicted molar refractivity (Wildman–Crippen MR) is 184 cm³/mol. The third-order valence-corrected chi connectivity index (χ3v) is 11.2. The van der Waals surface area contributed by atoms with Crippen LogP contribution < -0.4 is 5.32 Å². The molecule has 4 aliphatic rings. The van der Waals surface area contributed by atoms with Gasteiger partial charge in [-0.2, -0.15) is 0 Å². The molecule has 6 rings (SSSR count). The number of carboxylic acids is 1. The molecule has 2 N–H and O–H groups in total. The Morgan fingerprint density at radius 3 is 2.19 bits per heavy atom. The number of piperazine rings is 1. The zero-order valence-electron chi connectivity index (χ0n) is 27.2. The van der Waals surface area contributed by atoms with Gasteiger partial charge in [0.1, 0.15) is 0 Å². The van der Waals surface area contributed by atoms with Crippen molar-refractivity contribution in [2.75, 3.05) is 64.2 Å². The number of carbonyl (C=O) groups is 4. The topological polar surface area (TPSA) is 117 Å². The van der Waals surface area contributed by atoms with Crippen molar-refractivity contribution >= 4 is 52.7 Å². The zero-order chi connectivity index (χ0) is 33.8. The summed E-state index contributed by atoms with van der Waals surface area (Å²) in [5.74, 6) is -1.40. The molecule has 1 atom stereocenters. The lowest BCUT2D eigenvalue weighted by Crippen LogP contribution is -2.55. The highest BCUT2D eigenvalue weighted by molar-refractivity contribution is 6.42. The summed E-state index contributed by atoms with van der Waals surface area (Å²) in [6.45, 7) is 6.06. The van der Waals surface area contributed by atoms with E-state index < -0.39 is 11.9 Å². The predicted octanol–water partition coefficient (Wildman–Crippen LogP) is 4.27. The van der Waals surface area contributed by atoms with E-state index in [2.05, 4.69) is 10.2 Å². The molecule has 48 heavy (non-hydrogen) atoms. The lowest BCUT2D eigenvalue weighted by Gasteiger charge is -2.43. The number of hydrogen-bond acceptors (Lipinski definition) is 6. The molecule has 0 aromatic heterocycles. The van der Waals surface area contributed by atoms with Gasteiger partial charge in [-0.15, -0.1) is 0 Å². The molecule has 3 saturated heterocycles. The summed E-state index contributed by atoms with van der Waals surface area (Å²) in [5, 5.41) is 13.0. The Morgan fingerprint density at radius 2 is 1.50 bits per heavy atom. The van der Waals surface area contributed by atoms with E-state index in [1.165, 1.54) is 0 Å². The number of aliphatic carboxylic acids is 1. The Balaban J connectivity index is 1.05. The zero-order valence-corrected chi connectivity index (χ0v) is 28.7. The van der Waals surface area contributed by atoms with Crippen LogP contribution in [0, 0.1) is 5.92 Å². The van der Waals surface area contributed by atoms with Crippen molar-refractivity contribution in [3.8, 4) is 0 Å². The molecule has 2 aromatic carbocycles. The molecule has 4 amide bonds. The average Bonchev–Trinajstić information content (AvgIpc) is 3.09. The van der Waals surface area contributed by atoms with Gasteiger partial charge >= 0.3 is 12.0 Å². The molecule has 0 bridgehead atoms. The molecular formula is C35H44Cl2N6O5. The quantitative estimate of drug-likeness (QED) is 0.402. The summed E-state index contributed by atoms with van der Waals surface area (Å²) in [5.41, 5.74) is 2.80. The minimum Gasteiger partial charge on any atom is -0.480 e. The SMILES string of the molecule is O=C(O)CN1CCN(C2CCN(C(=O)C(CC(=O)N3CCC(N4Cc5ccccc5NC4=O)CC3)Cc3ccc(Cl)c(Cl)c3)CC2)CC1. The monoisotopic (exact) mass is 698 g/mol. The summed E-state index contributed by atoms with van der Waals surface area (Å²) in [4.78, 5) is 61.8. The number of carboxylic acid groups (broad SMARTS) is 1. The average molecular weight is 700 g/mol. The van der Waals surface area contributed by atoms with Crippen LogP contribution in [0.15, 0.2) is 42.5 Å². The molecular weight excluding hydrogens is 655 g/mol. The number of nitrogens with zero attached hydrogens (tertiary/aromatic N) is 5. The van der Waals surface area contributed by atoms with Gasteiger partial charge in [0.15, 0.2) is 0 Å². The van der Waals surface area contributed by atoms with E-state index >= 15 is 0 Å². The normalized spacial score (nSPS) is 20.7. The number of benzene rings is 2. The third-order valence-electron chi connectivity index (χ3n) is 10.4. The number of anilines is 1. The van der Waals surface area contributed by atoms with Gasteiger partial charge in [0.2, 0.25) is 11.8 Å². The summed E-state index contributed by atoms with van der Waals surface area (Å²) in [6.07, 6.45) is 3.56. The Bertz CT molecular complexity index is 1500. The summed E-state index contributed by atoms with van der Waals surface area (Å²) in [7, 11) is 0. The number of para-hydroxylation sites is 1. The van der Waals surface area contributed by atoms with Crippen molar-refractivity contribution in [1.29, 1.82) is 0 Å². The van der Waals surface area contributed by atoms with Crippen molar-refractivity contribution in [2.45, 2.75) is 57.2 Å². The summed E-state index contributed by atoms with van der Waals surface area (Å²) < 4.78 is 0. The number of urea groups is 1. The Kier molecular flexibility index (Phi) is 11.1. The van der Waals surface area contributed by atoms with Gasteiger partial charge in [-0.1, -0.05) is 47.5 Å². The van der Waals surface area contributed by atoms with E-state index in [1.807, 2.05) is 49.9 Å². The van der Waals surface area contributed by atoms with Crippen molar-refractivity contribution in [3.63, 3.8) is 0 Å². The maximum atomic E-state index is 14.1. The van der Waals surface area contributed by atoms with E-state index in [4.69, 9.17) is 28.3 Å². The maximum absolute atomic E-state index is 14.1. The number of carbonyl (C=O) groups excluding carboxylic acids is 3. The Hall–Kier alpha value is -3.38. The van der Waals surface area contributed by atoms with Gasteiger partial charge in [0.25, 0.3) is 0 Å². The second-order valence-electron chi connectivity index (χ2n) is 13.4. The van der Waals surface area contributed by atoms with Gasteiger partial charge in [-0.25, -0.2) is 4.79 Å².